The minimum absolute atomic E-state index is 0.0703. The van der Waals surface area contributed by atoms with Gasteiger partial charge in [-0.2, -0.15) is 0 Å². The van der Waals surface area contributed by atoms with Crippen LogP contribution >= 0.6 is 0 Å². The Morgan fingerprint density at radius 2 is 0.962 bits per heavy atom. The maximum atomic E-state index is 10.6. The number of hydrogen-bond donors (Lipinski definition) is 4. The van der Waals surface area contributed by atoms with E-state index < -0.39 is 41.8 Å². The molecule has 10 heteroatoms. The number of rotatable bonds is 15. The molecular weight excluding hydrogens is 350 g/mol. The molecule has 3 unspecified atom stereocenters. The fourth-order valence-corrected chi connectivity index (χ4v) is 2.39. The van der Waals surface area contributed by atoms with Gasteiger partial charge in [0.15, 0.2) is 0 Å². The van der Waals surface area contributed by atoms with Gasteiger partial charge >= 0.3 is 17.9 Å². The molecule has 0 spiro atoms. The minimum atomic E-state index is -1.25. The summed E-state index contributed by atoms with van der Waals surface area (Å²) in [6.45, 7) is 4.69. The van der Waals surface area contributed by atoms with Gasteiger partial charge in [-0.1, -0.05) is 0 Å². The number of ether oxygens (including phenoxy) is 3. The Hall–Kier alpha value is -1.75. The van der Waals surface area contributed by atoms with Crippen LogP contribution in [0.5, 0.6) is 0 Å². The summed E-state index contributed by atoms with van der Waals surface area (Å²) in [5.74, 6) is -3.05. The van der Waals surface area contributed by atoms with Crippen LogP contribution in [-0.2, 0) is 28.6 Å². The number of aliphatic carboxylic acids is 3. The molecule has 3 atom stereocenters. The van der Waals surface area contributed by atoms with E-state index in [0.717, 1.165) is 0 Å². The van der Waals surface area contributed by atoms with E-state index in [0.29, 0.717) is 0 Å². The van der Waals surface area contributed by atoms with Crippen LogP contribution in [0, 0.1) is 0 Å². The summed E-state index contributed by atoms with van der Waals surface area (Å²) in [4.78, 5) is 31.9. The van der Waals surface area contributed by atoms with E-state index in [9.17, 15) is 14.4 Å². The van der Waals surface area contributed by atoms with Crippen molar-refractivity contribution < 1.29 is 43.9 Å². The molecule has 0 rings (SSSR count). The van der Waals surface area contributed by atoms with Crippen molar-refractivity contribution in [2.24, 2.45) is 5.73 Å². The van der Waals surface area contributed by atoms with Crippen LogP contribution in [0.1, 0.15) is 40.0 Å². The van der Waals surface area contributed by atoms with Crippen LogP contribution < -0.4 is 5.73 Å². The van der Waals surface area contributed by atoms with E-state index in [4.69, 9.17) is 35.3 Å². The molecule has 0 fully saturated rings. The molecule has 0 saturated heterocycles. The van der Waals surface area contributed by atoms with Crippen molar-refractivity contribution in [2.45, 2.75) is 63.9 Å². The van der Waals surface area contributed by atoms with Crippen LogP contribution in [0.4, 0.5) is 0 Å². The van der Waals surface area contributed by atoms with Crippen molar-refractivity contribution in [3.05, 3.63) is 0 Å². The number of carboxylic acids is 3. The lowest BCUT2D eigenvalue weighted by atomic mass is 9.83. The van der Waals surface area contributed by atoms with Crippen LogP contribution in [0.3, 0.4) is 0 Å². The zero-order valence-corrected chi connectivity index (χ0v) is 15.3. The number of carboxylic acid groups (broad SMARTS) is 3. The summed E-state index contributed by atoms with van der Waals surface area (Å²) in [6.07, 6.45) is -2.70. The molecule has 26 heavy (non-hydrogen) atoms. The summed E-state index contributed by atoms with van der Waals surface area (Å²) in [6, 6.07) is 0. The summed E-state index contributed by atoms with van der Waals surface area (Å²) in [5.41, 5.74) is 5.21. The van der Waals surface area contributed by atoms with E-state index in [2.05, 4.69) is 0 Å². The van der Waals surface area contributed by atoms with E-state index in [1.165, 1.54) is 0 Å². The lowest BCUT2D eigenvalue weighted by Crippen LogP contribution is -2.66. The molecule has 0 aromatic heterocycles. The van der Waals surface area contributed by atoms with Crippen molar-refractivity contribution in [2.75, 3.05) is 19.8 Å². The van der Waals surface area contributed by atoms with Crippen LogP contribution in [0.2, 0.25) is 0 Å². The molecule has 0 radical (unpaired) electrons. The lowest BCUT2D eigenvalue weighted by molar-refractivity contribution is -0.147. The first-order chi connectivity index (χ1) is 12.0. The molecule has 0 aromatic carbocycles. The van der Waals surface area contributed by atoms with Crippen molar-refractivity contribution in [3.8, 4) is 0 Å². The van der Waals surface area contributed by atoms with Gasteiger partial charge in [-0.25, -0.2) is 0 Å². The number of carbonyl (C=O) groups is 3. The quantitative estimate of drug-likeness (QED) is 0.311. The van der Waals surface area contributed by atoms with Gasteiger partial charge in [-0.3, -0.25) is 14.4 Å². The van der Waals surface area contributed by atoms with Gasteiger partial charge in [0, 0.05) is 0 Å². The van der Waals surface area contributed by atoms with Gasteiger partial charge in [-0.05, 0) is 20.8 Å². The summed E-state index contributed by atoms with van der Waals surface area (Å²) >= 11 is 0. The Labute approximate surface area is 152 Å². The number of hydrogen-bond acceptors (Lipinski definition) is 7. The highest BCUT2D eigenvalue weighted by Crippen LogP contribution is 2.25. The molecule has 152 valence electrons. The molecular formula is C16H29NO9. The van der Waals surface area contributed by atoms with E-state index in [1.54, 1.807) is 20.8 Å². The standard InChI is InChI=1S/C16H29NO9/c1-10(24-7-4-13(18)19)16(17,11(2)25-8-5-14(20)21)12(3)26-9-6-15(22)23/h10-12H,4-9,17H2,1-3H3,(H,18,19)(H,20,21)(H,22,23). The van der Waals surface area contributed by atoms with E-state index in [1.807, 2.05) is 0 Å². The summed E-state index contributed by atoms with van der Waals surface area (Å²) in [7, 11) is 0. The molecule has 0 saturated carbocycles. The molecule has 0 heterocycles. The molecule has 0 aliphatic carbocycles. The predicted molar refractivity (Wildman–Crippen MR) is 89.9 cm³/mol. The van der Waals surface area contributed by atoms with Gasteiger partial charge in [0.05, 0.1) is 62.9 Å². The van der Waals surface area contributed by atoms with Gasteiger partial charge in [0.25, 0.3) is 0 Å². The Kier molecular flexibility index (Phi) is 11.0. The smallest absolute Gasteiger partial charge is 0.305 e. The fourth-order valence-electron chi connectivity index (χ4n) is 2.39. The first kappa shape index (κ1) is 24.2. The SMILES string of the molecule is CC(OCCC(=O)O)C(N)(C(C)OCCC(=O)O)C(C)OCCC(=O)O. The van der Waals surface area contributed by atoms with Crippen molar-refractivity contribution in [3.63, 3.8) is 0 Å². The third-order valence-corrected chi connectivity index (χ3v) is 4.16. The first-order valence-electron chi connectivity index (χ1n) is 8.30. The fraction of sp³-hybridized carbons (Fsp3) is 0.812. The van der Waals surface area contributed by atoms with Crippen molar-refractivity contribution in [1.82, 2.24) is 0 Å². The Morgan fingerprint density at radius 1 is 0.731 bits per heavy atom. The third-order valence-electron chi connectivity index (χ3n) is 4.16. The van der Waals surface area contributed by atoms with Crippen molar-refractivity contribution in [1.29, 1.82) is 0 Å². The van der Waals surface area contributed by atoms with Gasteiger partial charge < -0.3 is 35.3 Å². The van der Waals surface area contributed by atoms with Gasteiger partial charge in [0.1, 0.15) is 0 Å². The van der Waals surface area contributed by atoms with Gasteiger partial charge in [-0.15, -0.1) is 0 Å². The average molecular weight is 379 g/mol. The predicted octanol–water partition coefficient (Wildman–Crippen LogP) is 0.323. The number of nitrogens with two attached hydrogens (primary N) is 1. The maximum Gasteiger partial charge on any atom is 0.305 e. The summed E-state index contributed by atoms with van der Waals surface area (Å²) < 4.78 is 16.5. The highest BCUT2D eigenvalue weighted by molar-refractivity contribution is 5.67. The monoisotopic (exact) mass is 379 g/mol. The molecule has 0 bridgehead atoms. The largest absolute Gasteiger partial charge is 0.481 e. The van der Waals surface area contributed by atoms with Crippen LogP contribution in [-0.4, -0.2) is 76.9 Å². The highest BCUT2D eigenvalue weighted by Gasteiger charge is 2.45. The Morgan fingerprint density at radius 3 is 1.15 bits per heavy atom. The third kappa shape index (κ3) is 8.56. The highest BCUT2D eigenvalue weighted by atomic mass is 16.5. The van der Waals surface area contributed by atoms with Crippen LogP contribution in [0.15, 0.2) is 0 Å². The first-order valence-corrected chi connectivity index (χ1v) is 8.30. The topological polar surface area (TPSA) is 166 Å². The summed E-state index contributed by atoms with van der Waals surface area (Å²) in [5, 5.41) is 26.1. The average Bonchev–Trinajstić information content (AvgIpc) is 2.52. The Balaban J connectivity index is 5.04. The van der Waals surface area contributed by atoms with E-state index >= 15 is 0 Å². The van der Waals surface area contributed by atoms with Gasteiger partial charge in [0.2, 0.25) is 0 Å². The Bertz CT molecular complexity index is 404. The second-order valence-electron chi connectivity index (χ2n) is 5.97. The second kappa shape index (κ2) is 11.8. The minimum Gasteiger partial charge on any atom is -0.481 e. The maximum absolute atomic E-state index is 10.6. The van der Waals surface area contributed by atoms with Crippen LogP contribution in [0.25, 0.3) is 0 Å². The second-order valence-corrected chi connectivity index (χ2v) is 5.97. The molecule has 0 aliphatic rings. The normalized spacial score (nSPS) is 17.1. The zero-order chi connectivity index (χ0) is 20.3. The lowest BCUT2D eigenvalue weighted by Gasteiger charge is -2.44. The van der Waals surface area contributed by atoms with Crippen molar-refractivity contribution >= 4 is 17.9 Å². The molecule has 0 amide bonds. The molecule has 10 nitrogen and oxygen atoms in total. The zero-order valence-electron chi connectivity index (χ0n) is 15.3. The van der Waals surface area contributed by atoms with E-state index in [-0.39, 0.29) is 39.1 Å². The molecule has 0 aromatic rings. The molecule has 0 aliphatic heterocycles. The molecule has 5 N–H and O–H groups in total.